The number of carbonyl (C=O) groups excluding carboxylic acids is 2. The van der Waals surface area contributed by atoms with Crippen LogP contribution in [0.3, 0.4) is 0 Å². The monoisotopic (exact) mass is 432 g/mol. The van der Waals surface area contributed by atoms with Gasteiger partial charge in [0.25, 0.3) is 5.56 Å². The van der Waals surface area contributed by atoms with E-state index in [-0.39, 0.29) is 23.8 Å². The summed E-state index contributed by atoms with van der Waals surface area (Å²) in [6, 6.07) is 16.0. The first kappa shape index (κ1) is 19.3. The van der Waals surface area contributed by atoms with Crippen LogP contribution in [0, 0.1) is 0 Å². The highest BCUT2D eigenvalue weighted by atomic mass is 35.5. The van der Waals surface area contributed by atoms with Crippen molar-refractivity contribution in [3.05, 3.63) is 88.0 Å². The van der Waals surface area contributed by atoms with Gasteiger partial charge in [0.05, 0.1) is 22.9 Å². The zero-order chi connectivity index (χ0) is 21.5. The van der Waals surface area contributed by atoms with Gasteiger partial charge in [-0.15, -0.1) is 0 Å². The summed E-state index contributed by atoms with van der Waals surface area (Å²) in [6.07, 6.45) is 3.98. The maximum Gasteiger partial charge on any atom is 0.255 e. The molecule has 31 heavy (non-hydrogen) atoms. The number of nitrogens with zero attached hydrogens (tertiary/aromatic N) is 1. The van der Waals surface area contributed by atoms with Crippen molar-refractivity contribution in [2.75, 3.05) is 0 Å². The van der Waals surface area contributed by atoms with Gasteiger partial charge < -0.3 is 4.42 Å². The number of amides is 2. The quantitative estimate of drug-likeness (QED) is 0.486. The zero-order valence-electron chi connectivity index (χ0n) is 16.3. The van der Waals surface area contributed by atoms with Gasteiger partial charge in [-0.05, 0) is 36.2 Å². The number of benzene rings is 2. The number of hydrogen-bond donors (Lipinski definition) is 1. The number of piperidine rings is 1. The van der Waals surface area contributed by atoms with Gasteiger partial charge in [0.15, 0.2) is 0 Å². The van der Waals surface area contributed by atoms with Gasteiger partial charge in [-0.1, -0.05) is 35.9 Å². The van der Waals surface area contributed by atoms with E-state index < -0.39 is 5.92 Å². The van der Waals surface area contributed by atoms with E-state index in [1.807, 2.05) is 36.4 Å². The summed E-state index contributed by atoms with van der Waals surface area (Å²) in [7, 11) is 0. The van der Waals surface area contributed by atoms with E-state index in [9.17, 15) is 14.4 Å². The molecule has 0 aliphatic carbocycles. The Labute approximate surface area is 182 Å². The fourth-order valence-electron chi connectivity index (χ4n) is 4.11. The van der Waals surface area contributed by atoms with Crippen LogP contribution in [-0.2, 0) is 9.59 Å². The minimum Gasteiger partial charge on any atom is -0.464 e. The molecule has 4 aromatic rings. The third-order valence-electron chi connectivity index (χ3n) is 5.61. The summed E-state index contributed by atoms with van der Waals surface area (Å²) in [5.41, 5.74) is 3.30. The van der Waals surface area contributed by atoms with E-state index in [2.05, 4.69) is 5.32 Å². The average Bonchev–Trinajstić information content (AvgIpc) is 3.25. The molecule has 6 nitrogen and oxygen atoms in total. The van der Waals surface area contributed by atoms with Crippen molar-refractivity contribution in [2.24, 2.45) is 0 Å². The highest BCUT2D eigenvalue weighted by Gasteiger charge is 2.30. The molecule has 2 aromatic heterocycles. The van der Waals surface area contributed by atoms with Gasteiger partial charge in [0.2, 0.25) is 11.8 Å². The number of imide groups is 1. The number of aromatic nitrogens is 1. The molecule has 0 bridgehead atoms. The standard InChI is InChI=1S/C24H17ClN2O4/c25-22-14(4-3-5-15(22)17-8-10-20(28)26-24(17)30)16-7-9-19(18-11-13-31-23(16)18)27-12-2-1-6-21(27)29/h1-7,9,11-13,17H,8,10H2,(H,26,28,30). The molecular weight excluding hydrogens is 416 g/mol. The van der Waals surface area contributed by atoms with Crippen LogP contribution in [0.2, 0.25) is 5.02 Å². The molecule has 1 saturated heterocycles. The number of nitrogens with one attached hydrogen (secondary N) is 1. The molecule has 3 heterocycles. The maximum atomic E-state index is 12.4. The highest BCUT2D eigenvalue weighted by molar-refractivity contribution is 6.35. The molecule has 5 rings (SSSR count). The lowest BCUT2D eigenvalue weighted by atomic mass is 9.88. The van der Waals surface area contributed by atoms with Gasteiger partial charge in [-0.25, -0.2) is 0 Å². The normalized spacial score (nSPS) is 16.5. The van der Waals surface area contributed by atoms with E-state index in [0.717, 1.165) is 16.5 Å². The minimum atomic E-state index is -0.487. The largest absolute Gasteiger partial charge is 0.464 e. The third kappa shape index (κ3) is 3.25. The van der Waals surface area contributed by atoms with Crippen LogP contribution >= 0.6 is 11.6 Å². The van der Waals surface area contributed by atoms with E-state index >= 15 is 0 Å². The first-order chi connectivity index (χ1) is 15.0. The van der Waals surface area contributed by atoms with Gasteiger partial charge in [0, 0.05) is 35.2 Å². The molecule has 1 fully saturated rings. The number of pyridine rings is 1. The van der Waals surface area contributed by atoms with Crippen molar-refractivity contribution in [3.8, 4) is 16.8 Å². The minimum absolute atomic E-state index is 0.143. The van der Waals surface area contributed by atoms with Gasteiger partial charge in [-0.3, -0.25) is 24.3 Å². The number of furan rings is 1. The SMILES string of the molecule is O=C1CCC(c2cccc(-c3ccc(-n4ccccc4=O)c4ccoc34)c2Cl)C(=O)N1. The molecule has 2 amide bonds. The van der Waals surface area contributed by atoms with Crippen molar-refractivity contribution in [3.63, 3.8) is 0 Å². The van der Waals surface area contributed by atoms with Crippen LogP contribution in [0.25, 0.3) is 27.8 Å². The highest BCUT2D eigenvalue weighted by Crippen LogP contribution is 2.40. The number of halogens is 1. The maximum absolute atomic E-state index is 12.4. The summed E-state index contributed by atoms with van der Waals surface area (Å²) in [4.78, 5) is 36.2. The van der Waals surface area contributed by atoms with E-state index in [0.29, 0.717) is 28.3 Å². The molecule has 1 aliphatic rings. The van der Waals surface area contributed by atoms with Crippen LogP contribution < -0.4 is 10.9 Å². The van der Waals surface area contributed by atoms with Crippen LogP contribution in [0.4, 0.5) is 0 Å². The number of rotatable bonds is 3. The van der Waals surface area contributed by atoms with Crippen molar-refractivity contribution in [1.82, 2.24) is 9.88 Å². The molecule has 7 heteroatoms. The summed E-state index contributed by atoms with van der Waals surface area (Å²) >= 11 is 6.77. The Bertz CT molecular complexity index is 1400. The van der Waals surface area contributed by atoms with Crippen LogP contribution in [0.1, 0.15) is 24.3 Å². The van der Waals surface area contributed by atoms with Crippen LogP contribution in [0.5, 0.6) is 0 Å². The van der Waals surface area contributed by atoms with E-state index in [1.165, 1.54) is 6.07 Å². The van der Waals surface area contributed by atoms with Crippen molar-refractivity contribution in [2.45, 2.75) is 18.8 Å². The fourth-order valence-corrected chi connectivity index (χ4v) is 4.47. The molecule has 1 N–H and O–H groups in total. The topological polar surface area (TPSA) is 81.3 Å². The smallest absolute Gasteiger partial charge is 0.255 e. The Hall–Kier alpha value is -3.64. The second kappa shape index (κ2) is 7.56. The second-order valence-corrected chi connectivity index (χ2v) is 7.79. The summed E-state index contributed by atoms with van der Waals surface area (Å²) in [6.45, 7) is 0. The predicted molar refractivity (Wildman–Crippen MR) is 117 cm³/mol. The predicted octanol–water partition coefficient (Wildman–Crippen LogP) is 4.42. The Kier molecular flexibility index (Phi) is 4.71. The molecule has 2 aromatic carbocycles. The average molecular weight is 433 g/mol. The number of fused-ring (bicyclic) bond motifs is 1. The van der Waals surface area contributed by atoms with Crippen molar-refractivity contribution < 1.29 is 14.0 Å². The molecule has 1 unspecified atom stereocenters. The van der Waals surface area contributed by atoms with E-state index in [4.69, 9.17) is 16.0 Å². The Morgan fingerprint density at radius 1 is 0.968 bits per heavy atom. The molecule has 154 valence electrons. The molecule has 0 saturated carbocycles. The van der Waals surface area contributed by atoms with Crippen molar-refractivity contribution >= 4 is 34.4 Å². The summed E-state index contributed by atoms with van der Waals surface area (Å²) < 4.78 is 7.34. The Balaban J connectivity index is 1.65. The van der Waals surface area contributed by atoms with Crippen LogP contribution in [0.15, 0.2) is 76.3 Å². The fraction of sp³-hybridized carbons (Fsp3) is 0.125. The second-order valence-electron chi connectivity index (χ2n) is 7.42. The van der Waals surface area contributed by atoms with E-state index in [1.54, 1.807) is 29.2 Å². The lowest BCUT2D eigenvalue weighted by Crippen LogP contribution is -2.39. The lowest BCUT2D eigenvalue weighted by Gasteiger charge is -2.23. The number of carbonyl (C=O) groups is 2. The Morgan fingerprint density at radius 3 is 2.65 bits per heavy atom. The zero-order valence-corrected chi connectivity index (χ0v) is 17.1. The first-order valence-corrected chi connectivity index (χ1v) is 10.2. The van der Waals surface area contributed by atoms with Crippen LogP contribution in [-0.4, -0.2) is 16.4 Å². The van der Waals surface area contributed by atoms with Crippen molar-refractivity contribution in [1.29, 1.82) is 0 Å². The Morgan fingerprint density at radius 2 is 1.84 bits per heavy atom. The molecule has 0 radical (unpaired) electrons. The molecule has 0 spiro atoms. The summed E-state index contributed by atoms with van der Waals surface area (Å²) in [5, 5.41) is 3.60. The molecule has 1 aliphatic heterocycles. The lowest BCUT2D eigenvalue weighted by molar-refractivity contribution is -0.134. The number of hydrogen-bond acceptors (Lipinski definition) is 4. The van der Waals surface area contributed by atoms with Gasteiger partial charge >= 0.3 is 0 Å². The summed E-state index contributed by atoms with van der Waals surface area (Å²) in [5.74, 6) is -1.09. The molecule has 1 atom stereocenters. The van der Waals surface area contributed by atoms with Gasteiger partial charge in [-0.2, -0.15) is 0 Å². The third-order valence-corrected chi connectivity index (χ3v) is 6.03. The molecular formula is C24H17ClN2O4. The van der Waals surface area contributed by atoms with Gasteiger partial charge in [0.1, 0.15) is 5.58 Å². The first-order valence-electron chi connectivity index (χ1n) is 9.85.